The fourth-order valence-corrected chi connectivity index (χ4v) is 2.46. The molecule has 5 nitrogen and oxygen atoms in total. The second kappa shape index (κ2) is 6.06. The summed E-state index contributed by atoms with van der Waals surface area (Å²) in [6, 6.07) is 4.24. The van der Waals surface area contributed by atoms with Crippen molar-refractivity contribution in [3.05, 3.63) is 29.7 Å². The summed E-state index contributed by atoms with van der Waals surface area (Å²) in [6.45, 7) is 6.23. The Labute approximate surface area is 117 Å². The molecule has 2 heterocycles. The monoisotopic (exact) mass is 277 g/mol. The van der Waals surface area contributed by atoms with E-state index in [1.54, 1.807) is 17.8 Å². The first-order valence-electron chi connectivity index (χ1n) is 6.36. The van der Waals surface area contributed by atoms with Gasteiger partial charge in [-0.3, -0.25) is 4.68 Å². The lowest BCUT2D eigenvalue weighted by atomic mass is 10.3. The van der Waals surface area contributed by atoms with E-state index in [1.807, 2.05) is 23.9 Å². The van der Waals surface area contributed by atoms with Crippen LogP contribution in [0.5, 0.6) is 0 Å². The van der Waals surface area contributed by atoms with Crippen molar-refractivity contribution in [3.8, 4) is 0 Å². The quantitative estimate of drug-likeness (QED) is 0.672. The van der Waals surface area contributed by atoms with Gasteiger partial charge in [0.05, 0.1) is 5.69 Å². The summed E-state index contributed by atoms with van der Waals surface area (Å²) in [5.41, 5.74) is 7.63. The largest absolute Gasteiger partial charge is 0.384 e. The number of hydrogen-bond donors (Lipinski definition) is 1. The van der Waals surface area contributed by atoms with Gasteiger partial charge in [-0.15, -0.1) is 0 Å². The SMILES string of the molecule is CCC(C)n1ccc(CSc2nc(C)cc(N)n2)n1. The minimum atomic E-state index is 0.435. The Morgan fingerprint density at radius 3 is 2.89 bits per heavy atom. The van der Waals surface area contributed by atoms with Gasteiger partial charge in [0.25, 0.3) is 0 Å². The molecular formula is C13H19N5S. The lowest BCUT2D eigenvalue weighted by Gasteiger charge is -2.08. The van der Waals surface area contributed by atoms with Crippen LogP contribution in [0, 0.1) is 6.92 Å². The Balaban J connectivity index is 2.00. The molecule has 0 amide bonds. The van der Waals surface area contributed by atoms with Gasteiger partial charge in [-0.25, -0.2) is 9.97 Å². The standard InChI is InChI=1S/C13H19N5S/c1-4-10(3)18-6-5-11(17-18)8-19-13-15-9(2)7-12(14)16-13/h5-7,10H,4,8H2,1-3H3,(H2,14,15,16). The minimum Gasteiger partial charge on any atom is -0.384 e. The maximum Gasteiger partial charge on any atom is 0.190 e. The van der Waals surface area contributed by atoms with Crippen LogP contribution in [0.3, 0.4) is 0 Å². The van der Waals surface area contributed by atoms with Crippen molar-refractivity contribution < 1.29 is 0 Å². The number of anilines is 1. The van der Waals surface area contributed by atoms with E-state index in [1.165, 1.54) is 0 Å². The van der Waals surface area contributed by atoms with E-state index >= 15 is 0 Å². The molecule has 1 unspecified atom stereocenters. The predicted octanol–water partition coefficient (Wildman–Crippen LogP) is 2.83. The number of hydrogen-bond acceptors (Lipinski definition) is 5. The smallest absolute Gasteiger partial charge is 0.190 e. The first-order valence-corrected chi connectivity index (χ1v) is 7.35. The number of aromatic nitrogens is 4. The van der Waals surface area contributed by atoms with Crippen LogP contribution in [0.1, 0.15) is 37.7 Å². The zero-order chi connectivity index (χ0) is 13.8. The van der Waals surface area contributed by atoms with Crippen LogP contribution in [-0.4, -0.2) is 19.7 Å². The van der Waals surface area contributed by atoms with Crippen molar-refractivity contribution >= 4 is 17.6 Å². The minimum absolute atomic E-state index is 0.435. The van der Waals surface area contributed by atoms with Crippen molar-refractivity contribution in [1.82, 2.24) is 19.7 Å². The van der Waals surface area contributed by atoms with Crippen LogP contribution >= 0.6 is 11.8 Å². The van der Waals surface area contributed by atoms with Crippen LogP contribution in [-0.2, 0) is 5.75 Å². The fraction of sp³-hybridized carbons (Fsp3) is 0.462. The normalized spacial score (nSPS) is 12.6. The van der Waals surface area contributed by atoms with Crippen LogP contribution in [0.4, 0.5) is 5.82 Å². The Kier molecular flexibility index (Phi) is 4.42. The number of nitrogens with two attached hydrogens (primary N) is 1. The van der Waals surface area contributed by atoms with E-state index in [0.29, 0.717) is 17.0 Å². The fourth-order valence-electron chi connectivity index (χ4n) is 1.65. The molecule has 0 aliphatic heterocycles. The highest BCUT2D eigenvalue weighted by molar-refractivity contribution is 7.98. The van der Waals surface area contributed by atoms with Gasteiger partial charge in [-0.2, -0.15) is 5.10 Å². The van der Waals surface area contributed by atoms with Crippen LogP contribution in [0.15, 0.2) is 23.5 Å². The summed E-state index contributed by atoms with van der Waals surface area (Å²) in [4.78, 5) is 8.55. The van der Waals surface area contributed by atoms with Gasteiger partial charge in [0.1, 0.15) is 5.82 Å². The Bertz CT molecular complexity index is 531. The first-order chi connectivity index (χ1) is 9.08. The lowest BCUT2D eigenvalue weighted by Crippen LogP contribution is -2.04. The van der Waals surface area contributed by atoms with Crippen molar-refractivity contribution in [2.75, 3.05) is 5.73 Å². The summed E-state index contributed by atoms with van der Waals surface area (Å²) < 4.78 is 2.00. The third kappa shape index (κ3) is 3.70. The zero-order valence-corrected chi connectivity index (χ0v) is 12.3. The molecule has 0 aliphatic carbocycles. The van der Waals surface area contributed by atoms with Crippen molar-refractivity contribution in [2.24, 2.45) is 0 Å². The van der Waals surface area contributed by atoms with E-state index in [0.717, 1.165) is 23.6 Å². The third-order valence-electron chi connectivity index (χ3n) is 2.91. The Hall–Kier alpha value is -1.56. The topological polar surface area (TPSA) is 69.6 Å². The lowest BCUT2D eigenvalue weighted by molar-refractivity contribution is 0.475. The molecular weight excluding hydrogens is 258 g/mol. The average Bonchev–Trinajstić information content (AvgIpc) is 2.83. The Morgan fingerprint density at radius 2 is 2.21 bits per heavy atom. The van der Waals surface area contributed by atoms with Gasteiger partial charge < -0.3 is 5.73 Å². The third-order valence-corrected chi connectivity index (χ3v) is 3.79. The van der Waals surface area contributed by atoms with E-state index in [-0.39, 0.29) is 0 Å². The molecule has 0 saturated heterocycles. The second-order valence-corrected chi connectivity index (χ2v) is 5.49. The van der Waals surface area contributed by atoms with E-state index in [2.05, 4.69) is 28.9 Å². The molecule has 19 heavy (non-hydrogen) atoms. The van der Waals surface area contributed by atoms with Crippen molar-refractivity contribution in [3.63, 3.8) is 0 Å². The highest BCUT2D eigenvalue weighted by atomic mass is 32.2. The number of nitrogens with zero attached hydrogens (tertiary/aromatic N) is 4. The zero-order valence-electron chi connectivity index (χ0n) is 11.5. The van der Waals surface area contributed by atoms with Gasteiger partial charge in [0.2, 0.25) is 0 Å². The van der Waals surface area contributed by atoms with Gasteiger partial charge in [-0.1, -0.05) is 18.7 Å². The summed E-state index contributed by atoms with van der Waals surface area (Å²) >= 11 is 1.56. The maximum atomic E-state index is 5.71. The highest BCUT2D eigenvalue weighted by Crippen LogP contribution is 2.20. The van der Waals surface area contributed by atoms with Crippen LogP contribution in [0.25, 0.3) is 0 Å². The second-order valence-electron chi connectivity index (χ2n) is 4.55. The molecule has 0 spiro atoms. The average molecular weight is 277 g/mol. The molecule has 1 atom stereocenters. The molecule has 0 radical (unpaired) electrons. The van der Waals surface area contributed by atoms with Crippen molar-refractivity contribution in [1.29, 1.82) is 0 Å². The van der Waals surface area contributed by atoms with E-state index in [4.69, 9.17) is 5.73 Å². The Morgan fingerprint density at radius 1 is 1.42 bits per heavy atom. The summed E-state index contributed by atoms with van der Waals surface area (Å²) in [5, 5.41) is 5.25. The first kappa shape index (κ1) is 13.9. The molecule has 2 N–H and O–H groups in total. The molecule has 0 fully saturated rings. The van der Waals surface area contributed by atoms with Crippen LogP contribution < -0.4 is 5.73 Å². The molecule has 2 aromatic heterocycles. The summed E-state index contributed by atoms with van der Waals surface area (Å²) in [5.74, 6) is 1.27. The van der Waals surface area contributed by atoms with Gasteiger partial charge in [0, 0.05) is 29.8 Å². The molecule has 2 rings (SSSR count). The number of nitrogen functional groups attached to an aromatic ring is 1. The van der Waals surface area contributed by atoms with Crippen LogP contribution in [0.2, 0.25) is 0 Å². The summed E-state index contributed by atoms with van der Waals surface area (Å²) in [6.07, 6.45) is 3.10. The van der Waals surface area contributed by atoms with Gasteiger partial charge in [-0.05, 0) is 26.3 Å². The molecule has 0 bridgehead atoms. The highest BCUT2D eigenvalue weighted by Gasteiger charge is 2.06. The molecule has 0 saturated carbocycles. The van der Waals surface area contributed by atoms with Gasteiger partial charge >= 0.3 is 0 Å². The molecule has 2 aromatic rings. The number of aryl methyl sites for hydroxylation is 1. The van der Waals surface area contributed by atoms with E-state index < -0.39 is 0 Å². The molecule has 6 heteroatoms. The summed E-state index contributed by atoms with van der Waals surface area (Å²) in [7, 11) is 0. The molecule has 0 aliphatic rings. The molecule has 0 aromatic carbocycles. The van der Waals surface area contributed by atoms with Gasteiger partial charge in [0.15, 0.2) is 5.16 Å². The number of rotatable bonds is 5. The van der Waals surface area contributed by atoms with Crippen molar-refractivity contribution in [2.45, 2.75) is 44.1 Å². The molecule has 102 valence electrons. The van der Waals surface area contributed by atoms with E-state index in [9.17, 15) is 0 Å². The number of thioether (sulfide) groups is 1. The maximum absolute atomic E-state index is 5.71. The predicted molar refractivity (Wildman–Crippen MR) is 78.0 cm³/mol.